The topological polar surface area (TPSA) is 72.9 Å². The van der Waals surface area contributed by atoms with Crippen molar-refractivity contribution in [3.8, 4) is 11.5 Å². The lowest BCUT2D eigenvalue weighted by atomic mass is 9.94. The molecular weight excluding hydrogens is 631 g/mol. The molecule has 2 atom stereocenters. The van der Waals surface area contributed by atoms with Crippen molar-refractivity contribution in [1.82, 2.24) is 9.88 Å². The van der Waals surface area contributed by atoms with Crippen molar-refractivity contribution in [2.45, 2.75) is 82.0 Å². The first-order valence-corrected chi connectivity index (χ1v) is 18.7. The number of aromatic nitrogens is 1. The van der Waals surface area contributed by atoms with Gasteiger partial charge < -0.3 is 19.2 Å². The van der Waals surface area contributed by atoms with Crippen molar-refractivity contribution in [1.29, 1.82) is 0 Å². The Labute approximate surface area is 264 Å². The van der Waals surface area contributed by atoms with Crippen LogP contribution in [-0.4, -0.2) is 49.6 Å². The summed E-state index contributed by atoms with van der Waals surface area (Å²) in [6, 6.07) is 8.67. The number of alkyl halides is 2. The standard InChI is InChI=1S/C31H35ClF3N3O4SSi/c1-29(2,3)44(4,5)42-20-10-13-38(17-20)26(21-8-7-19(32)15-22(21)33)25-16-36-28(43-25)37-27(39)30(11-12-30)18-6-9-23-24(14-18)41-31(34,35)40-23/h6-9,14-16,20,26H,10-13,17H2,1-5H3,(H,36,37,39)/t20?,26-/m0/s1. The van der Waals surface area contributed by atoms with E-state index in [2.05, 4.69) is 58.5 Å². The van der Waals surface area contributed by atoms with Gasteiger partial charge in [0.05, 0.1) is 17.6 Å². The van der Waals surface area contributed by atoms with Crippen molar-refractivity contribution in [2.24, 2.45) is 0 Å². The molecule has 1 saturated heterocycles. The van der Waals surface area contributed by atoms with Gasteiger partial charge in [-0.1, -0.05) is 55.8 Å². The van der Waals surface area contributed by atoms with E-state index in [1.54, 1.807) is 24.4 Å². The Bertz CT molecular complexity index is 1590. The second kappa shape index (κ2) is 11.0. The van der Waals surface area contributed by atoms with Crippen LogP contribution in [0.2, 0.25) is 23.2 Å². The van der Waals surface area contributed by atoms with Crippen molar-refractivity contribution in [2.75, 3.05) is 18.4 Å². The summed E-state index contributed by atoms with van der Waals surface area (Å²) in [5, 5.41) is 3.67. The first-order valence-electron chi connectivity index (χ1n) is 14.6. The molecule has 236 valence electrons. The number of benzene rings is 2. The van der Waals surface area contributed by atoms with Crippen LogP contribution in [0.1, 0.15) is 62.1 Å². The van der Waals surface area contributed by atoms with Crippen LogP contribution in [0.25, 0.3) is 0 Å². The minimum atomic E-state index is -3.73. The quantitative estimate of drug-likeness (QED) is 0.245. The minimum absolute atomic E-state index is 0.0252. The summed E-state index contributed by atoms with van der Waals surface area (Å²) in [4.78, 5) is 21.0. The number of nitrogens with one attached hydrogen (secondary N) is 1. The molecule has 3 aromatic rings. The molecule has 1 aliphatic carbocycles. The minimum Gasteiger partial charge on any atom is -0.413 e. The molecule has 2 fully saturated rings. The van der Waals surface area contributed by atoms with Gasteiger partial charge in [-0.2, -0.15) is 0 Å². The Hall–Kier alpha value is -2.64. The zero-order valence-electron chi connectivity index (χ0n) is 25.2. The first kappa shape index (κ1) is 31.3. The lowest BCUT2D eigenvalue weighted by molar-refractivity contribution is -0.286. The van der Waals surface area contributed by atoms with E-state index >= 15 is 4.39 Å². The molecule has 13 heteroatoms. The highest BCUT2D eigenvalue weighted by molar-refractivity contribution is 7.15. The number of thiazole rings is 1. The summed E-state index contributed by atoms with van der Waals surface area (Å²) in [5.41, 5.74) is 0.157. The number of likely N-dealkylation sites (tertiary alicyclic amines) is 1. The second-order valence-electron chi connectivity index (χ2n) is 13.3. The third-order valence-electron chi connectivity index (χ3n) is 9.22. The summed E-state index contributed by atoms with van der Waals surface area (Å²) in [5.74, 6) is -0.876. The molecule has 3 heterocycles. The molecule has 7 nitrogen and oxygen atoms in total. The van der Waals surface area contributed by atoms with Gasteiger partial charge >= 0.3 is 6.29 Å². The lowest BCUT2D eigenvalue weighted by Crippen LogP contribution is -2.44. The highest BCUT2D eigenvalue weighted by atomic mass is 35.5. The van der Waals surface area contributed by atoms with E-state index in [1.807, 2.05) is 0 Å². The number of halogens is 4. The highest BCUT2D eigenvalue weighted by Crippen LogP contribution is 2.52. The number of fused-ring (bicyclic) bond motifs is 1. The molecule has 0 spiro atoms. The Morgan fingerprint density at radius 3 is 2.59 bits per heavy atom. The average Bonchev–Trinajstić information content (AvgIpc) is 3.22. The number of rotatable bonds is 8. The molecule has 1 unspecified atom stereocenters. The monoisotopic (exact) mass is 665 g/mol. The molecule has 0 radical (unpaired) electrons. The number of nitrogens with zero attached hydrogens (tertiary/aromatic N) is 2. The number of carbonyl (C=O) groups is 1. The Morgan fingerprint density at radius 2 is 1.91 bits per heavy atom. The summed E-state index contributed by atoms with van der Waals surface area (Å²) in [6.45, 7) is 12.4. The molecule has 1 aromatic heterocycles. The van der Waals surface area contributed by atoms with E-state index in [-0.39, 0.29) is 28.5 Å². The predicted octanol–water partition coefficient (Wildman–Crippen LogP) is 8.11. The van der Waals surface area contributed by atoms with Crippen molar-refractivity contribution < 1.29 is 31.9 Å². The zero-order valence-corrected chi connectivity index (χ0v) is 27.8. The van der Waals surface area contributed by atoms with Gasteiger partial charge in [0.25, 0.3) is 0 Å². The summed E-state index contributed by atoms with van der Waals surface area (Å²) in [7, 11) is -2.01. The van der Waals surface area contributed by atoms with Gasteiger partial charge in [-0.25, -0.2) is 9.37 Å². The maximum atomic E-state index is 15.4. The molecule has 1 N–H and O–H groups in total. The Morgan fingerprint density at radius 1 is 1.18 bits per heavy atom. The normalized spacial score (nSPS) is 21.3. The lowest BCUT2D eigenvalue weighted by Gasteiger charge is -2.38. The summed E-state index contributed by atoms with van der Waals surface area (Å²) >= 11 is 7.37. The molecule has 2 aliphatic heterocycles. The number of hydrogen-bond donors (Lipinski definition) is 1. The molecule has 1 saturated carbocycles. The zero-order chi connectivity index (χ0) is 31.7. The van der Waals surface area contributed by atoms with E-state index in [9.17, 15) is 13.6 Å². The fraction of sp³-hybridized carbons (Fsp3) is 0.484. The maximum Gasteiger partial charge on any atom is 0.586 e. The fourth-order valence-electron chi connectivity index (χ4n) is 5.64. The molecular formula is C31H35ClF3N3O4SSi. The van der Waals surface area contributed by atoms with Crippen LogP contribution in [0.4, 0.5) is 18.3 Å². The van der Waals surface area contributed by atoms with Crippen molar-refractivity contribution >= 4 is 42.3 Å². The number of ether oxygens (including phenoxy) is 2. The number of amides is 1. The molecule has 2 aromatic carbocycles. The maximum absolute atomic E-state index is 15.4. The van der Waals surface area contributed by atoms with E-state index in [0.29, 0.717) is 47.2 Å². The van der Waals surface area contributed by atoms with E-state index in [1.165, 1.54) is 29.5 Å². The van der Waals surface area contributed by atoms with E-state index in [0.717, 1.165) is 11.3 Å². The van der Waals surface area contributed by atoms with Gasteiger partial charge in [0.1, 0.15) is 5.82 Å². The third kappa shape index (κ3) is 5.99. The van der Waals surface area contributed by atoms with Gasteiger partial charge in [-0.3, -0.25) is 9.69 Å². The summed E-state index contributed by atoms with van der Waals surface area (Å²) < 4.78 is 58.3. The van der Waals surface area contributed by atoms with Gasteiger partial charge in [0.2, 0.25) is 5.91 Å². The van der Waals surface area contributed by atoms with Crippen LogP contribution in [0.15, 0.2) is 42.6 Å². The molecule has 3 aliphatic rings. The van der Waals surface area contributed by atoms with Crippen LogP contribution >= 0.6 is 22.9 Å². The largest absolute Gasteiger partial charge is 0.586 e. The smallest absolute Gasteiger partial charge is 0.413 e. The molecule has 0 bridgehead atoms. The second-order valence-corrected chi connectivity index (χ2v) is 19.5. The van der Waals surface area contributed by atoms with Gasteiger partial charge in [0.15, 0.2) is 24.9 Å². The number of hydrogen-bond acceptors (Lipinski definition) is 7. The van der Waals surface area contributed by atoms with Crippen LogP contribution in [-0.2, 0) is 14.6 Å². The summed E-state index contributed by atoms with van der Waals surface area (Å²) in [6.07, 6.45) is -0.112. The van der Waals surface area contributed by atoms with Crippen LogP contribution in [0.3, 0.4) is 0 Å². The number of carbonyl (C=O) groups excluding carboxylic acids is 1. The number of anilines is 1. The van der Waals surface area contributed by atoms with Gasteiger partial charge in [-0.15, -0.1) is 8.78 Å². The SMILES string of the molecule is CC(C)(C)[Si](C)(C)OC1CCN([C@H](c2cnc(NC(=O)C3(c4ccc5c(c4)OC(F)(F)O5)CC3)s2)c2ccc(Cl)cc2F)C1. The van der Waals surface area contributed by atoms with Crippen molar-refractivity contribution in [3.05, 3.63) is 69.4 Å². The highest BCUT2D eigenvalue weighted by Gasteiger charge is 2.53. The average molecular weight is 666 g/mol. The van der Waals surface area contributed by atoms with Gasteiger partial charge in [-0.05, 0) is 67.2 Å². The Balaban J connectivity index is 1.22. The Kier molecular flexibility index (Phi) is 7.84. The fourth-order valence-corrected chi connectivity index (χ4v) is 8.14. The third-order valence-corrected chi connectivity index (χ3v) is 15.0. The molecule has 44 heavy (non-hydrogen) atoms. The van der Waals surface area contributed by atoms with E-state index in [4.69, 9.17) is 16.0 Å². The van der Waals surface area contributed by atoms with Crippen molar-refractivity contribution in [3.63, 3.8) is 0 Å². The molecule has 6 rings (SSSR count). The predicted molar refractivity (Wildman–Crippen MR) is 166 cm³/mol. The van der Waals surface area contributed by atoms with E-state index < -0.39 is 31.9 Å². The van der Waals surface area contributed by atoms with Gasteiger partial charge in [0, 0.05) is 34.7 Å². The molecule has 1 amide bonds. The van der Waals surface area contributed by atoms with Crippen LogP contribution < -0.4 is 14.8 Å². The van der Waals surface area contributed by atoms with Crippen LogP contribution in [0.5, 0.6) is 11.5 Å². The van der Waals surface area contributed by atoms with Crippen LogP contribution in [0, 0.1) is 5.82 Å². The first-order chi connectivity index (χ1) is 20.6.